The molecule has 0 aromatic carbocycles. The molecular weight excluding hydrogens is 256 g/mol. The molecule has 12 heavy (non-hydrogen) atoms. The van der Waals surface area contributed by atoms with E-state index in [1.807, 2.05) is 0 Å². The first-order valence-corrected chi connectivity index (χ1v) is 5.04. The van der Waals surface area contributed by atoms with E-state index in [-0.39, 0.29) is 0 Å². The minimum atomic E-state index is -4.63. The average molecular weight is 260 g/mol. The van der Waals surface area contributed by atoms with Crippen LogP contribution in [0.1, 0.15) is 0 Å². The molecule has 0 amide bonds. The van der Waals surface area contributed by atoms with Gasteiger partial charge in [0.05, 0.1) is 0 Å². The largest absolute Gasteiger partial charge is 0.418 e. The molecule has 0 unspecified atom stereocenters. The highest BCUT2D eigenvalue weighted by atomic mass is 79.9. The number of alkyl halides is 3. The summed E-state index contributed by atoms with van der Waals surface area (Å²) in [4.78, 5) is 0. The fourth-order valence-corrected chi connectivity index (χ4v) is 1.80. The summed E-state index contributed by atoms with van der Waals surface area (Å²) >= 11 is 1.78. The van der Waals surface area contributed by atoms with Gasteiger partial charge < -0.3 is 0 Å². The number of nitrogens with zero attached hydrogens (tertiary/aromatic N) is 1. The molecule has 1 aromatic rings. The van der Waals surface area contributed by atoms with Crippen molar-refractivity contribution in [3.05, 3.63) is 24.5 Å². The Labute approximate surface area is 76.2 Å². The first kappa shape index (κ1) is 9.66. The lowest BCUT2D eigenvalue weighted by Crippen LogP contribution is -2.27. The van der Waals surface area contributed by atoms with Crippen molar-refractivity contribution in [3.63, 3.8) is 0 Å². The second kappa shape index (κ2) is 2.81. The van der Waals surface area contributed by atoms with E-state index in [2.05, 4.69) is 0 Å². The van der Waals surface area contributed by atoms with Crippen molar-refractivity contribution in [1.82, 2.24) is 3.97 Å². The molecule has 0 N–H and O–H groups in total. The maximum absolute atomic E-state index is 12.4. The van der Waals surface area contributed by atoms with Crippen LogP contribution in [0.2, 0.25) is 0 Å². The Hall–Kier alpha value is -0.430. The highest BCUT2D eigenvalue weighted by molar-refractivity contribution is 9.11. The van der Waals surface area contributed by atoms with Gasteiger partial charge in [0.15, 0.2) is 0 Å². The number of aromatic nitrogens is 1. The molecule has 3 nitrogen and oxygen atoms in total. The third-order valence-corrected chi connectivity index (χ3v) is 3.76. The van der Waals surface area contributed by atoms with Crippen LogP contribution in [0.15, 0.2) is 24.5 Å². The summed E-state index contributed by atoms with van der Waals surface area (Å²) in [5.74, 6) is 0. The summed E-state index contributed by atoms with van der Waals surface area (Å²) in [6.07, 6.45) is 2.06. The Balaban J connectivity index is 3.22. The summed E-state index contributed by atoms with van der Waals surface area (Å²) < 4.78 is 43.0. The Bertz CT molecular complexity index is 353. The summed E-state index contributed by atoms with van der Waals surface area (Å²) in [5.41, 5.74) is 0. The predicted octanol–water partition coefficient (Wildman–Crippen LogP) is 1.61. The fourth-order valence-electron chi connectivity index (χ4n) is 0.598. The maximum atomic E-state index is 12.4. The van der Waals surface area contributed by atoms with E-state index in [0.29, 0.717) is 3.97 Å². The van der Waals surface area contributed by atoms with Crippen molar-refractivity contribution in [3.8, 4) is 0 Å². The van der Waals surface area contributed by atoms with Crippen LogP contribution < -0.4 is 0 Å². The molecular formula is C5H4BrF2NO2S. The molecule has 1 rings (SSSR count). The van der Waals surface area contributed by atoms with Crippen LogP contribution in [-0.4, -0.2) is 16.6 Å². The molecule has 0 saturated carbocycles. The van der Waals surface area contributed by atoms with E-state index in [1.165, 1.54) is 12.1 Å². The number of rotatable bonds is 2. The zero-order valence-corrected chi connectivity index (χ0v) is 8.02. The third kappa shape index (κ3) is 1.51. The van der Waals surface area contributed by atoms with E-state index >= 15 is 0 Å². The molecule has 1 heterocycles. The van der Waals surface area contributed by atoms with Crippen molar-refractivity contribution >= 4 is 26.0 Å². The minimum Gasteiger partial charge on any atom is -0.247 e. The number of halogens is 3. The molecule has 0 aliphatic carbocycles. The van der Waals surface area contributed by atoms with Crippen molar-refractivity contribution < 1.29 is 17.2 Å². The van der Waals surface area contributed by atoms with Crippen LogP contribution >= 0.6 is 15.9 Å². The van der Waals surface area contributed by atoms with Gasteiger partial charge >= 0.3 is 14.2 Å². The first-order valence-electron chi connectivity index (χ1n) is 2.80. The molecule has 0 spiro atoms. The molecule has 0 radical (unpaired) electrons. The van der Waals surface area contributed by atoms with Crippen molar-refractivity contribution in [2.75, 3.05) is 0 Å². The van der Waals surface area contributed by atoms with Crippen LogP contribution in [-0.2, 0) is 10.0 Å². The van der Waals surface area contributed by atoms with Gasteiger partial charge in [0.1, 0.15) is 0 Å². The quantitative estimate of drug-likeness (QED) is 0.758. The minimum absolute atomic E-state index is 0.446. The van der Waals surface area contributed by atoms with Crippen LogP contribution in [0.5, 0.6) is 0 Å². The molecule has 1 aromatic heterocycles. The van der Waals surface area contributed by atoms with E-state index in [9.17, 15) is 17.2 Å². The lowest BCUT2D eigenvalue weighted by molar-refractivity contribution is 0.202. The predicted molar refractivity (Wildman–Crippen MR) is 42.6 cm³/mol. The van der Waals surface area contributed by atoms with Crippen LogP contribution in [0.3, 0.4) is 0 Å². The lowest BCUT2D eigenvalue weighted by Gasteiger charge is -2.09. The summed E-state index contributed by atoms with van der Waals surface area (Å²) in [6.45, 7) is 0. The van der Waals surface area contributed by atoms with Crippen molar-refractivity contribution in [2.45, 2.75) is 4.16 Å². The van der Waals surface area contributed by atoms with Gasteiger partial charge in [-0.3, -0.25) is 0 Å². The zero-order valence-electron chi connectivity index (χ0n) is 5.62. The molecule has 0 aliphatic rings. The summed E-state index contributed by atoms with van der Waals surface area (Å²) in [7, 11) is -4.63. The number of hydrogen-bond acceptors (Lipinski definition) is 2. The van der Waals surface area contributed by atoms with E-state index in [4.69, 9.17) is 0 Å². The Kier molecular flexibility index (Phi) is 2.26. The highest BCUT2D eigenvalue weighted by Crippen LogP contribution is 2.30. The van der Waals surface area contributed by atoms with Gasteiger partial charge in [-0.15, -0.1) is 0 Å². The van der Waals surface area contributed by atoms with Crippen molar-refractivity contribution in [2.24, 2.45) is 0 Å². The Morgan fingerprint density at radius 2 is 1.67 bits per heavy atom. The Morgan fingerprint density at radius 1 is 1.25 bits per heavy atom. The second-order valence-electron chi connectivity index (χ2n) is 1.96. The SMILES string of the molecule is O=S(=O)(n1cccc1)C(F)(F)Br. The smallest absolute Gasteiger partial charge is 0.247 e. The van der Waals surface area contributed by atoms with Gasteiger partial charge in [0.25, 0.3) is 0 Å². The molecule has 0 fully saturated rings. The molecule has 7 heteroatoms. The molecule has 0 saturated heterocycles. The van der Waals surface area contributed by atoms with E-state index in [1.54, 1.807) is 15.9 Å². The van der Waals surface area contributed by atoms with Gasteiger partial charge in [0, 0.05) is 28.3 Å². The van der Waals surface area contributed by atoms with Crippen LogP contribution in [0.25, 0.3) is 0 Å². The lowest BCUT2D eigenvalue weighted by atomic mass is 10.7. The van der Waals surface area contributed by atoms with Crippen LogP contribution in [0, 0.1) is 0 Å². The normalized spacial score (nSPS) is 13.2. The second-order valence-corrected chi connectivity index (χ2v) is 5.37. The topological polar surface area (TPSA) is 39.1 Å². The van der Waals surface area contributed by atoms with E-state index in [0.717, 1.165) is 12.4 Å². The van der Waals surface area contributed by atoms with Crippen LogP contribution in [0.4, 0.5) is 8.78 Å². The third-order valence-electron chi connectivity index (χ3n) is 1.15. The Morgan fingerprint density at radius 3 is 2.00 bits per heavy atom. The zero-order chi connectivity index (χ0) is 9.41. The van der Waals surface area contributed by atoms with Gasteiger partial charge in [-0.1, -0.05) is 0 Å². The first-order chi connectivity index (χ1) is 5.36. The van der Waals surface area contributed by atoms with Gasteiger partial charge in [-0.05, 0) is 12.1 Å². The molecule has 0 bridgehead atoms. The summed E-state index contributed by atoms with van der Waals surface area (Å²) in [5, 5.41) is 0. The standard InChI is InChI=1S/C5H4BrF2NO2S/c6-5(7,8)12(10,11)9-3-1-2-4-9/h1-4H. The molecule has 0 aliphatic heterocycles. The monoisotopic (exact) mass is 259 g/mol. The average Bonchev–Trinajstić information content (AvgIpc) is 2.34. The number of hydrogen-bond donors (Lipinski definition) is 0. The highest BCUT2D eigenvalue weighted by Gasteiger charge is 2.43. The van der Waals surface area contributed by atoms with E-state index < -0.39 is 14.2 Å². The van der Waals surface area contributed by atoms with Crippen molar-refractivity contribution in [1.29, 1.82) is 0 Å². The fraction of sp³-hybridized carbons (Fsp3) is 0.200. The summed E-state index contributed by atoms with van der Waals surface area (Å²) in [6, 6.07) is 2.69. The van der Waals surface area contributed by atoms with Gasteiger partial charge in [-0.2, -0.15) is 17.2 Å². The van der Waals surface area contributed by atoms with Gasteiger partial charge in [0.2, 0.25) is 0 Å². The molecule has 68 valence electrons. The molecule has 0 atom stereocenters. The maximum Gasteiger partial charge on any atom is 0.418 e. The van der Waals surface area contributed by atoms with Gasteiger partial charge in [-0.25, -0.2) is 3.97 Å².